The minimum absolute atomic E-state index is 0.0139. The topological polar surface area (TPSA) is 84.5 Å². The van der Waals surface area contributed by atoms with E-state index in [1.807, 2.05) is 12.1 Å². The Morgan fingerprint density at radius 1 is 1.37 bits per heavy atom. The van der Waals surface area contributed by atoms with Crippen molar-refractivity contribution in [3.63, 3.8) is 0 Å². The van der Waals surface area contributed by atoms with E-state index >= 15 is 0 Å². The SMILES string of the molecule is CCOC(=O)/C=C/C(C[C@@H]1CCNC1=O)NC(=O)CCc1ccc(Cl)cc1. The van der Waals surface area contributed by atoms with Crippen LogP contribution in [0.2, 0.25) is 5.02 Å². The number of benzene rings is 1. The quantitative estimate of drug-likeness (QED) is 0.499. The summed E-state index contributed by atoms with van der Waals surface area (Å²) in [6.45, 7) is 2.65. The zero-order valence-corrected chi connectivity index (χ0v) is 16.1. The lowest BCUT2D eigenvalue weighted by Crippen LogP contribution is -2.36. The van der Waals surface area contributed by atoms with Crippen molar-refractivity contribution in [2.24, 2.45) is 5.92 Å². The molecule has 1 saturated heterocycles. The lowest BCUT2D eigenvalue weighted by Gasteiger charge is -2.18. The van der Waals surface area contributed by atoms with E-state index in [1.54, 1.807) is 25.1 Å². The van der Waals surface area contributed by atoms with Crippen LogP contribution < -0.4 is 10.6 Å². The maximum Gasteiger partial charge on any atom is 0.330 e. The number of esters is 1. The third kappa shape index (κ3) is 7.43. The summed E-state index contributed by atoms with van der Waals surface area (Å²) in [5.41, 5.74) is 1.02. The number of aryl methyl sites for hydroxylation is 1. The first-order chi connectivity index (χ1) is 13.0. The monoisotopic (exact) mass is 392 g/mol. The Morgan fingerprint density at radius 2 is 2.11 bits per heavy atom. The number of ether oxygens (including phenoxy) is 1. The number of nitrogens with one attached hydrogen (secondary N) is 2. The Balaban J connectivity index is 1.92. The maximum atomic E-state index is 12.3. The molecule has 7 heteroatoms. The normalized spacial score (nSPS) is 17.6. The van der Waals surface area contributed by atoms with Crippen LogP contribution >= 0.6 is 11.6 Å². The molecule has 146 valence electrons. The number of carbonyl (C=O) groups is 3. The van der Waals surface area contributed by atoms with Crippen molar-refractivity contribution in [1.82, 2.24) is 10.6 Å². The van der Waals surface area contributed by atoms with Gasteiger partial charge >= 0.3 is 5.97 Å². The fraction of sp³-hybridized carbons (Fsp3) is 0.450. The maximum absolute atomic E-state index is 12.3. The molecular formula is C20H25ClN2O4. The molecule has 0 bridgehead atoms. The van der Waals surface area contributed by atoms with Crippen molar-refractivity contribution in [2.45, 2.75) is 38.6 Å². The number of amides is 2. The molecule has 0 aliphatic carbocycles. The van der Waals surface area contributed by atoms with Crippen molar-refractivity contribution in [2.75, 3.05) is 13.2 Å². The van der Waals surface area contributed by atoms with Crippen LogP contribution in [-0.2, 0) is 25.5 Å². The number of rotatable bonds is 9. The minimum atomic E-state index is -0.464. The number of hydrogen-bond donors (Lipinski definition) is 2. The lowest BCUT2D eigenvalue weighted by atomic mass is 9.97. The molecule has 1 aliphatic rings. The summed E-state index contributed by atoms with van der Waals surface area (Å²) in [7, 11) is 0. The minimum Gasteiger partial charge on any atom is -0.463 e. The van der Waals surface area contributed by atoms with E-state index in [-0.39, 0.29) is 24.3 Å². The van der Waals surface area contributed by atoms with Gasteiger partial charge in [0.25, 0.3) is 0 Å². The van der Waals surface area contributed by atoms with Gasteiger partial charge in [-0.05, 0) is 43.9 Å². The van der Waals surface area contributed by atoms with Crippen LogP contribution in [0.5, 0.6) is 0 Å². The second-order valence-electron chi connectivity index (χ2n) is 6.42. The average molecular weight is 393 g/mol. The number of hydrogen-bond acceptors (Lipinski definition) is 4. The van der Waals surface area contributed by atoms with E-state index < -0.39 is 12.0 Å². The zero-order valence-electron chi connectivity index (χ0n) is 15.4. The summed E-state index contributed by atoms with van der Waals surface area (Å²) >= 11 is 5.86. The fourth-order valence-electron chi connectivity index (χ4n) is 2.94. The van der Waals surface area contributed by atoms with Crippen molar-refractivity contribution in [1.29, 1.82) is 0 Å². The highest BCUT2D eigenvalue weighted by molar-refractivity contribution is 6.30. The van der Waals surface area contributed by atoms with E-state index in [0.717, 1.165) is 12.0 Å². The van der Waals surface area contributed by atoms with Crippen LogP contribution in [0, 0.1) is 5.92 Å². The summed E-state index contributed by atoms with van der Waals surface area (Å²) in [6.07, 6.45) is 4.98. The van der Waals surface area contributed by atoms with Crippen molar-refractivity contribution >= 4 is 29.4 Å². The second-order valence-corrected chi connectivity index (χ2v) is 6.86. The van der Waals surface area contributed by atoms with Gasteiger partial charge in [0.05, 0.1) is 6.61 Å². The molecule has 1 aromatic carbocycles. The first-order valence-corrected chi connectivity index (χ1v) is 9.52. The molecule has 0 radical (unpaired) electrons. The van der Waals surface area contributed by atoms with Crippen LogP contribution in [-0.4, -0.2) is 37.0 Å². The summed E-state index contributed by atoms with van der Waals surface area (Å²) in [5, 5.41) is 6.35. The molecule has 2 amide bonds. The largest absolute Gasteiger partial charge is 0.463 e. The number of carbonyl (C=O) groups excluding carboxylic acids is 3. The van der Waals surface area contributed by atoms with E-state index in [1.165, 1.54) is 6.08 Å². The standard InChI is InChI=1S/C20H25ClN2O4/c1-2-27-19(25)10-8-17(13-15-11-12-22-20(15)26)23-18(24)9-5-14-3-6-16(21)7-4-14/h3-4,6-8,10,15,17H,2,5,9,11-13H2,1H3,(H,22,26)(H,23,24)/b10-8+/t15-,17?/m0/s1. The number of halogens is 1. The van der Waals surface area contributed by atoms with Crippen molar-refractivity contribution in [3.05, 3.63) is 47.0 Å². The Labute approximate surface area is 164 Å². The molecule has 2 N–H and O–H groups in total. The van der Waals surface area contributed by atoms with Crippen molar-refractivity contribution < 1.29 is 19.1 Å². The van der Waals surface area contributed by atoms with Gasteiger partial charge in [-0.25, -0.2) is 4.79 Å². The zero-order chi connectivity index (χ0) is 19.6. The molecule has 1 fully saturated rings. The van der Waals surface area contributed by atoms with Crippen LogP contribution in [0.15, 0.2) is 36.4 Å². The summed E-state index contributed by atoms with van der Waals surface area (Å²) < 4.78 is 4.87. The average Bonchev–Trinajstić information content (AvgIpc) is 3.04. The smallest absolute Gasteiger partial charge is 0.330 e. The first kappa shape index (κ1) is 21.0. The van der Waals surface area contributed by atoms with Gasteiger partial charge in [0.1, 0.15) is 0 Å². The Morgan fingerprint density at radius 3 is 2.74 bits per heavy atom. The molecule has 1 heterocycles. The Kier molecular flexibility index (Phi) is 8.33. The molecule has 27 heavy (non-hydrogen) atoms. The Bertz CT molecular complexity index is 688. The van der Waals surface area contributed by atoms with E-state index in [4.69, 9.17) is 16.3 Å². The summed E-state index contributed by atoms with van der Waals surface area (Å²) in [4.78, 5) is 35.7. The third-order valence-corrected chi connectivity index (χ3v) is 4.60. The van der Waals surface area contributed by atoms with Gasteiger partial charge in [0, 0.05) is 36.0 Å². The summed E-state index contributed by atoms with van der Waals surface area (Å²) in [5.74, 6) is -0.783. The van der Waals surface area contributed by atoms with E-state index in [2.05, 4.69) is 10.6 Å². The van der Waals surface area contributed by atoms with Gasteiger partial charge in [-0.1, -0.05) is 29.8 Å². The van der Waals surface area contributed by atoms with Gasteiger partial charge < -0.3 is 15.4 Å². The molecule has 1 unspecified atom stereocenters. The van der Waals surface area contributed by atoms with E-state index in [0.29, 0.717) is 30.8 Å². The Hall–Kier alpha value is -2.34. The molecule has 6 nitrogen and oxygen atoms in total. The van der Waals surface area contributed by atoms with Gasteiger partial charge in [-0.3, -0.25) is 9.59 Å². The highest BCUT2D eigenvalue weighted by Gasteiger charge is 2.27. The van der Waals surface area contributed by atoms with Crippen LogP contribution in [0.4, 0.5) is 0 Å². The van der Waals surface area contributed by atoms with Crippen LogP contribution in [0.3, 0.4) is 0 Å². The van der Waals surface area contributed by atoms with E-state index in [9.17, 15) is 14.4 Å². The fourth-order valence-corrected chi connectivity index (χ4v) is 3.06. The lowest BCUT2D eigenvalue weighted by molar-refractivity contribution is -0.137. The first-order valence-electron chi connectivity index (χ1n) is 9.14. The predicted molar refractivity (Wildman–Crippen MR) is 103 cm³/mol. The highest BCUT2D eigenvalue weighted by Crippen LogP contribution is 2.17. The predicted octanol–water partition coefficient (Wildman–Crippen LogP) is 2.40. The molecule has 0 saturated carbocycles. The molecule has 0 spiro atoms. The van der Waals surface area contributed by atoms with Crippen LogP contribution in [0.25, 0.3) is 0 Å². The second kappa shape index (κ2) is 10.7. The van der Waals surface area contributed by atoms with Gasteiger partial charge in [-0.2, -0.15) is 0 Å². The molecule has 2 rings (SSSR count). The van der Waals surface area contributed by atoms with Gasteiger partial charge in [0.15, 0.2) is 0 Å². The highest BCUT2D eigenvalue weighted by atomic mass is 35.5. The van der Waals surface area contributed by atoms with Gasteiger partial charge in [0.2, 0.25) is 11.8 Å². The van der Waals surface area contributed by atoms with Crippen LogP contribution in [0.1, 0.15) is 31.7 Å². The van der Waals surface area contributed by atoms with Crippen molar-refractivity contribution in [3.8, 4) is 0 Å². The molecular weight excluding hydrogens is 368 g/mol. The van der Waals surface area contributed by atoms with Gasteiger partial charge in [-0.15, -0.1) is 0 Å². The molecule has 2 atom stereocenters. The molecule has 1 aromatic rings. The summed E-state index contributed by atoms with van der Waals surface area (Å²) in [6, 6.07) is 6.95. The third-order valence-electron chi connectivity index (χ3n) is 4.35. The molecule has 1 aliphatic heterocycles. The molecule has 0 aromatic heterocycles.